The van der Waals surface area contributed by atoms with Crippen molar-refractivity contribution in [2.75, 3.05) is 25.9 Å². The van der Waals surface area contributed by atoms with Crippen LogP contribution in [0.15, 0.2) is 18.5 Å². The highest BCUT2D eigenvalue weighted by Crippen LogP contribution is 2.42. The number of hydrogen-bond donors (Lipinski definition) is 1. The van der Waals surface area contributed by atoms with E-state index in [-0.39, 0.29) is 24.5 Å². The van der Waals surface area contributed by atoms with Crippen molar-refractivity contribution in [2.45, 2.75) is 37.3 Å². The minimum absolute atomic E-state index is 0.178. The van der Waals surface area contributed by atoms with Crippen molar-refractivity contribution in [1.82, 2.24) is 14.9 Å². The summed E-state index contributed by atoms with van der Waals surface area (Å²) in [5, 5.41) is 0.405. The number of hydrogen-bond acceptors (Lipinski definition) is 6. The van der Waals surface area contributed by atoms with Crippen molar-refractivity contribution in [3.63, 3.8) is 0 Å². The number of methoxy groups -OCH3 is 1. The molecule has 2 aliphatic rings. The Morgan fingerprint density at radius 3 is 2.72 bits per heavy atom. The van der Waals surface area contributed by atoms with Gasteiger partial charge in [0.25, 0.3) is 5.92 Å². The summed E-state index contributed by atoms with van der Waals surface area (Å²) in [6.45, 7) is 0.325. The van der Waals surface area contributed by atoms with Crippen LogP contribution in [0.25, 0.3) is 10.9 Å². The number of ether oxygens (including phenoxy) is 2. The maximum Gasteiger partial charge on any atom is 0.296 e. The Labute approximate surface area is 143 Å². The lowest BCUT2D eigenvalue weighted by molar-refractivity contribution is -0.140. The van der Waals surface area contributed by atoms with Crippen LogP contribution in [0.2, 0.25) is 0 Å². The Hall–Kier alpha value is -2.22. The minimum Gasteiger partial charge on any atom is -0.493 e. The molecule has 2 fully saturated rings. The van der Waals surface area contributed by atoms with E-state index in [1.54, 1.807) is 12.1 Å². The summed E-state index contributed by atoms with van der Waals surface area (Å²) in [4.78, 5) is 9.94. The molecule has 25 heavy (non-hydrogen) atoms. The van der Waals surface area contributed by atoms with Crippen molar-refractivity contribution in [2.24, 2.45) is 0 Å². The molecule has 8 heteroatoms. The summed E-state index contributed by atoms with van der Waals surface area (Å²) in [7, 11) is 1.46. The van der Waals surface area contributed by atoms with Gasteiger partial charge < -0.3 is 15.2 Å². The fraction of sp³-hybridized carbons (Fsp3) is 0.529. The van der Waals surface area contributed by atoms with E-state index in [0.29, 0.717) is 29.2 Å². The third-order valence-electron chi connectivity index (χ3n) is 4.86. The number of alkyl halides is 2. The minimum atomic E-state index is -2.95. The molecule has 2 heterocycles. The van der Waals surface area contributed by atoms with Gasteiger partial charge in [0.15, 0.2) is 17.6 Å². The lowest BCUT2D eigenvalue weighted by Crippen LogP contribution is -2.54. The maximum absolute atomic E-state index is 14.7. The van der Waals surface area contributed by atoms with Gasteiger partial charge in [-0.2, -0.15) is 0 Å². The number of halogens is 2. The van der Waals surface area contributed by atoms with Crippen LogP contribution in [0, 0.1) is 0 Å². The van der Waals surface area contributed by atoms with Crippen molar-refractivity contribution in [3.05, 3.63) is 18.5 Å². The normalized spacial score (nSPS) is 23.6. The summed E-state index contributed by atoms with van der Waals surface area (Å²) in [5.41, 5.74) is 6.47. The van der Waals surface area contributed by atoms with Crippen LogP contribution in [0.5, 0.6) is 11.5 Å². The van der Waals surface area contributed by atoms with Gasteiger partial charge in [0.2, 0.25) is 0 Å². The quantitative estimate of drug-likeness (QED) is 0.913. The van der Waals surface area contributed by atoms with E-state index in [4.69, 9.17) is 15.2 Å². The molecule has 0 amide bonds. The zero-order chi connectivity index (χ0) is 17.6. The van der Waals surface area contributed by atoms with Crippen LogP contribution in [0.4, 0.5) is 14.6 Å². The lowest BCUT2D eigenvalue weighted by atomic mass is 10.0. The molecular weight excluding hydrogens is 330 g/mol. The smallest absolute Gasteiger partial charge is 0.296 e. The molecule has 1 aliphatic carbocycles. The van der Waals surface area contributed by atoms with E-state index in [9.17, 15) is 8.78 Å². The molecule has 1 aromatic heterocycles. The molecule has 1 aliphatic heterocycles. The number of nitrogens with two attached hydrogens (primary N) is 1. The summed E-state index contributed by atoms with van der Waals surface area (Å²) >= 11 is 0. The summed E-state index contributed by atoms with van der Waals surface area (Å²) in [5.74, 6) is -2.24. The molecule has 1 atom stereocenters. The van der Waals surface area contributed by atoms with Crippen LogP contribution in [-0.2, 0) is 0 Å². The van der Waals surface area contributed by atoms with E-state index >= 15 is 0 Å². The third-order valence-corrected chi connectivity index (χ3v) is 4.86. The molecule has 2 N–H and O–H groups in total. The average molecular weight is 350 g/mol. The first-order valence-electron chi connectivity index (χ1n) is 8.35. The molecule has 0 bridgehead atoms. The van der Waals surface area contributed by atoms with Gasteiger partial charge in [0, 0.05) is 19.0 Å². The zero-order valence-electron chi connectivity index (χ0n) is 13.9. The van der Waals surface area contributed by atoms with E-state index < -0.39 is 12.0 Å². The van der Waals surface area contributed by atoms with Gasteiger partial charge in [-0.25, -0.2) is 18.7 Å². The number of aromatic nitrogens is 2. The van der Waals surface area contributed by atoms with Crippen LogP contribution < -0.4 is 15.2 Å². The lowest BCUT2D eigenvalue weighted by Gasteiger charge is -2.38. The number of benzene rings is 1. The van der Waals surface area contributed by atoms with Crippen LogP contribution >= 0.6 is 0 Å². The van der Waals surface area contributed by atoms with E-state index in [1.165, 1.54) is 13.4 Å². The molecule has 1 saturated carbocycles. The van der Waals surface area contributed by atoms with Crippen molar-refractivity contribution >= 4 is 16.7 Å². The van der Waals surface area contributed by atoms with E-state index in [2.05, 4.69) is 9.97 Å². The number of likely N-dealkylation sites (tertiary alicyclic amines) is 1. The van der Waals surface area contributed by atoms with Crippen molar-refractivity contribution in [1.29, 1.82) is 0 Å². The van der Waals surface area contributed by atoms with Gasteiger partial charge in [0.1, 0.15) is 12.1 Å². The number of nitrogen functional groups attached to an aromatic ring is 1. The molecule has 6 nitrogen and oxygen atoms in total. The van der Waals surface area contributed by atoms with Crippen molar-refractivity contribution in [3.8, 4) is 11.5 Å². The first kappa shape index (κ1) is 16.3. The SMILES string of the molecule is COc1ccc2ncnc(N)c2c1OC1CCN(C2CC2)CC1(F)F. The molecule has 1 aromatic carbocycles. The molecule has 134 valence electrons. The number of rotatable bonds is 4. The van der Waals surface area contributed by atoms with Gasteiger partial charge in [-0.05, 0) is 25.0 Å². The first-order chi connectivity index (χ1) is 12.0. The second kappa shape index (κ2) is 5.94. The molecule has 1 unspecified atom stereocenters. The summed E-state index contributed by atoms with van der Waals surface area (Å²) in [6.07, 6.45) is 2.36. The number of fused-ring (bicyclic) bond motifs is 1. The Kier molecular flexibility index (Phi) is 3.87. The standard InChI is InChI=1S/C17H20F2N4O2/c1-24-12-5-4-11-14(16(20)22-9-21-11)15(12)25-13-6-7-23(10-2-3-10)8-17(13,18)19/h4-5,9-10,13H,2-3,6-8H2,1H3,(H2,20,21,22). The Morgan fingerprint density at radius 2 is 2.04 bits per heavy atom. The molecule has 4 rings (SSSR count). The van der Waals surface area contributed by atoms with E-state index in [1.807, 2.05) is 4.90 Å². The monoisotopic (exact) mass is 350 g/mol. The second-order valence-electron chi connectivity index (χ2n) is 6.61. The van der Waals surface area contributed by atoms with Gasteiger partial charge in [-0.3, -0.25) is 4.90 Å². The van der Waals surface area contributed by atoms with Crippen LogP contribution in [-0.4, -0.2) is 53.1 Å². The van der Waals surface area contributed by atoms with E-state index in [0.717, 1.165) is 12.8 Å². The van der Waals surface area contributed by atoms with Crippen LogP contribution in [0.3, 0.4) is 0 Å². The number of anilines is 1. The highest BCUT2D eigenvalue weighted by atomic mass is 19.3. The Morgan fingerprint density at radius 1 is 1.24 bits per heavy atom. The van der Waals surface area contributed by atoms with Gasteiger partial charge in [-0.1, -0.05) is 0 Å². The summed E-state index contributed by atoms with van der Waals surface area (Å²) in [6, 6.07) is 3.65. The molecule has 0 radical (unpaired) electrons. The number of nitrogens with zero attached hydrogens (tertiary/aromatic N) is 3. The topological polar surface area (TPSA) is 73.5 Å². The highest BCUT2D eigenvalue weighted by Gasteiger charge is 2.49. The Balaban J connectivity index is 1.68. The third kappa shape index (κ3) is 2.95. The number of piperidine rings is 1. The predicted molar refractivity (Wildman–Crippen MR) is 89.1 cm³/mol. The molecule has 0 spiro atoms. The highest BCUT2D eigenvalue weighted by molar-refractivity contribution is 5.95. The van der Waals surface area contributed by atoms with Crippen molar-refractivity contribution < 1.29 is 18.3 Å². The fourth-order valence-corrected chi connectivity index (χ4v) is 3.39. The Bertz CT molecular complexity index is 798. The van der Waals surface area contributed by atoms with Crippen LogP contribution in [0.1, 0.15) is 19.3 Å². The molecule has 2 aromatic rings. The molecule has 1 saturated heterocycles. The van der Waals surface area contributed by atoms with Gasteiger partial charge >= 0.3 is 0 Å². The zero-order valence-corrected chi connectivity index (χ0v) is 13.9. The maximum atomic E-state index is 14.7. The second-order valence-corrected chi connectivity index (χ2v) is 6.61. The van der Waals surface area contributed by atoms with Gasteiger partial charge in [-0.15, -0.1) is 0 Å². The average Bonchev–Trinajstić information content (AvgIpc) is 3.41. The fourth-order valence-electron chi connectivity index (χ4n) is 3.39. The predicted octanol–water partition coefficient (Wildman–Crippen LogP) is 2.47. The molecular formula is C17H20F2N4O2. The largest absolute Gasteiger partial charge is 0.493 e. The summed E-state index contributed by atoms with van der Waals surface area (Å²) < 4.78 is 40.4. The first-order valence-corrected chi connectivity index (χ1v) is 8.35. The van der Waals surface area contributed by atoms with Gasteiger partial charge in [0.05, 0.1) is 24.6 Å².